The van der Waals surface area contributed by atoms with E-state index in [4.69, 9.17) is 16.3 Å². The molecule has 0 radical (unpaired) electrons. The second kappa shape index (κ2) is 12.6. The number of hydrogen-bond donors (Lipinski definition) is 1. The normalized spacial score (nSPS) is 12.5. The lowest BCUT2D eigenvalue weighted by atomic mass is 10.1. The number of amides is 2. The van der Waals surface area contributed by atoms with Gasteiger partial charge in [0, 0.05) is 30.1 Å². The summed E-state index contributed by atoms with van der Waals surface area (Å²) in [4.78, 5) is 27.9. The second-order valence-corrected chi connectivity index (χ2v) is 12.4. The van der Waals surface area contributed by atoms with E-state index in [-0.39, 0.29) is 37.7 Å². The zero-order valence-electron chi connectivity index (χ0n) is 22.7. The first-order valence-electron chi connectivity index (χ1n) is 12.1. The van der Waals surface area contributed by atoms with Crippen molar-refractivity contribution in [3.63, 3.8) is 0 Å². The van der Waals surface area contributed by atoms with E-state index in [0.29, 0.717) is 22.0 Å². The Morgan fingerprint density at radius 1 is 1.14 bits per heavy atom. The molecule has 0 heterocycles. The average Bonchev–Trinajstić information content (AvgIpc) is 2.80. The van der Waals surface area contributed by atoms with Gasteiger partial charge in [0.2, 0.25) is 21.8 Å². The molecule has 2 aromatic carbocycles. The van der Waals surface area contributed by atoms with Gasteiger partial charge in [-0.15, -0.1) is 0 Å². The van der Waals surface area contributed by atoms with Crippen LogP contribution in [0.2, 0.25) is 5.02 Å². The van der Waals surface area contributed by atoms with Gasteiger partial charge in [0.05, 0.1) is 19.1 Å². The summed E-state index contributed by atoms with van der Waals surface area (Å²) in [7, 11) is -2.04. The number of benzene rings is 2. The van der Waals surface area contributed by atoms with Gasteiger partial charge in [-0.05, 0) is 76.4 Å². The predicted octanol–water partition coefficient (Wildman–Crippen LogP) is 4.54. The smallest absolute Gasteiger partial charge is 0.242 e. The van der Waals surface area contributed by atoms with Crippen LogP contribution in [0.4, 0.5) is 5.69 Å². The van der Waals surface area contributed by atoms with Crippen LogP contribution in [0, 0.1) is 6.92 Å². The van der Waals surface area contributed by atoms with E-state index >= 15 is 0 Å². The molecule has 0 spiro atoms. The maximum atomic E-state index is 13.4. The molecule has 10 heteroatoms. The van der Waals surface area contributed by atoms with Crippen LogP contribution in [0.5, 0.6) is 5.75 Å². The Bertz CT molecular complexity index is 1210. The fourth-order valence-corrected chi connectivity index (χ4v) is 5.06. The Kier molecular flexibility index (Phi) is 10.4. The van der Waals surface area contributed by atoms with Crippen molar-refractivity contribution in [3.8, 4) is 5.75 Å². The van der Waals surface area contributed by atoms with E-state index in [9.17, 15) is 18.0 Å². The summed E-state index contributed by atoms with van der Waals surface area (Å²) in [6.07, 6.45) is 1.45. The number of ether oxygens (including phenoxy) is 1. The Hall–Kier alpha value is -2.78. The van der Waals surface area contributed by atoms with E-state index in [1.165, 1.54) is 9.21 Å². The average molecular weight is 552 g/mol. The molecule has 1 N–H and O–H groups in total. The fraction of sp³-hybridized carbons (Fsp3) is 0.481. The summed E-state index contributed by atoms with van der Waals surface area (Å²) in [6.45, 7) is 9.39. The Morgan fingerprint density at radius 2 is 1.78 bits per heavy atom. The van der Waals surface area contributed by atoms with Crippen molar-refractivity contribution in [2.75, 3.05) is 24.2 Å². The number of anilines is 1. The highest BCUT2D eigenvalue weighted by Gasteiger charge is 2.29. The number of carbonyl (C=O) groups excluding carboxylic acids is 2. The van der Waals surface area contributed by atoms with Gasteiger partial charge < -0.3 is 15.0 Å². The number of rotatable bonds is 11. The highest BCUT2D eigenvalue weighted by molar-refractivity contribution is 7.92. The summed E-state index contributed by atoms with van der Waals surface area (Å²) in [5.41, 5.74) is 1.48. The third-order valence-electron chi connectivity index (χ3n) is 5.81. The first-order chi connectivity index (χ1) is 17.1. The maximum absolute atomic E-state index is 13.4. The molecule has 2 aromatic rings. The van der Waals surface area contributed by atoms with E-state index < -0.39 is 21.6 Å². The summed E-state index contributed by atoms with van der Waals surface area (Å²) in [5.74, 6) is 0.129. The van der Waals surface area contributed by atoms with Crippen LogP contribution < -0.4 is 14.4 Å². The number of nitrogens with zero attached hydrogens (tertiary/aromatic N) is 2. The molecule has 0 aliphatic carbocycles. The standard InChI is InChI=1S/C27H38ClN3O5S/c1-19-23(28)13-9-14-24(19)31(37(7,34)35)16-10-15-25(32)30(20(2)26(33)29-27(3,4)5)18-21-11-8-12-22(17-21)36-6/h8-9,11-14,17,20H,10,15-16,18H2,1-7H3,(H,29,33)/t20-/m0/s1. The summed E-state index contributed by atoms with van der Waals surface area (Å²) < 4.78 is 31.7. The van der Waals surface area contributed by atoms with Gasteiger partial charge in [0.25, 0.3) is 0 Å². The number of carbonyl (C=O) groups is 2. The van der Waals surface area contributed by atoms with Crippen LogP contribution in [0.3, 0.4) is 0 Å². The molecule has 0 aliphatic rings. The highest BCUT2D eigenvalue weighted by atomic mass is 35.5. The molecule has 2 amide bonds. The van der Waals surface area contributed by atoms with E-state index in [1.54, 1.807) is 39.2 Å². The molecule has 0 saturated heterocycles. The lowest BCUT2D eigenvalue weighted by molar-refractivity contribution is -0.141. The third-order valence-corrected chi connectivity index (χ3v) is 7.40. The topological polar surface area (TPSA) is 96.0 Å². The van der Waals surface area contributed by atoms with Crippen LogP contribution in [0.1, 0.15) is 51.7 Å². The second-order valence-electron chi connectivity index (χ2n) is 10.1. The van der Waals surface area contributed by atoms with Crippen molar-refractivity contribution >= 4 is 39.1 Å². The Balaban J connectivity index is 2.24. The summed E-state index contributed by atoms with van der Waals surface area (Å²) >= 11 is 6.21. The number of sulfonamides is 1. The Morgan fingerprint density at radius 3 is 2.38 bits per heavy atom. The minimum Gasteiger partial charge on any atom is -0.497 e. The molecule has 0 bridgehead atoms. The highest BCUT2D eigenvalue weighted by Crippen LogP contribution is 2.28. The van der Waals surface area contributed by atoms with Gasteiger partial charge in [0.1, 0.15) is 11.8 Å². The van der Waals surface area contributed by atoms with Crippen LogP contribution in [0.15, 0.2) is 42.5 Å². The van der Waals surface area contributed by atoms with Crippen LogP contribution in [-0.4, -0.2) is 56.6 Å². The maximum Gasteiger partial charge on any atom is 0.242 e. The largest absolute Gasteiger partial charge is 0.497 e. The molecule has 0 aromatic heterocycles. The van der Waals surface area contributed by atoms with Crippen LogP contribution >= 0.6 is 11.6 Å². The van der Waals surface area contributed by atoms with Gasteiger partial charge in [-0.25, -0.2) is 8.42 Å². The molecule has 1 atom stereocenters. The third kappa shape index (κ3) is 8.93. The lowest BCUT2D eigenvalue weighted by Crippen LogP contribution is -2.52. The monoisotopic (exact) mass is 551 g/mol. The molecular formula is C27H38ClN3O5S. The quantitative estimate of drug-likeness (QED) is 0.442. The van der Waals surface area contributed by atoms with Crippen LogP contribution in [-0.2, 0) is 26.2 Å². The van der Waals surface area contributed by atoms with E-state index in [0.717, 1.165) is 11.8 Å². The van der Waals surface area contributed by atoms with E-state index in [1.807, 2.05) is 45.0 Å². The first-order valence-corrected chi connectivity index (χ1v) is 14.3. The van der Waals surface area contributed by atoms with Gasteiger partial charge in [-0.2, -0.15) is 0 Å². The van der Waals surface area contributed by atoms with Crippen molar-refractivity contribution in [2.45, 2.75) is 65.6 Å². The minimum atomic E-state index is -3.61. The molecule has 0 aliphatic heterocycles. The molecule has 8 nitrogen and oxygen atoms in total. The number of halogens is 1. The van der Waals surface area contributed by atoms with Gasteiger partial charge >= 0.3 is 0 Å². The molecule has 0 fully saturated rings. The number of nitrogens with one attached hydrogen (secondary N) is 1. The molecule has 37 heavy (non-hydrogen) atoms. The first kappa shape index (κ1) is 30.4. The van der Waals surface area contributed by atoms with Crippen molar-refractivity contribution in [1.82, 2.24) is 10.2 Å². The zero-order chi connectivity index (χ0) is 28.0. The van der Waals surface area contributed by atoms with Crippen molar-refractivity contribution in [3.05, 3.63) is 58.6 Å². The lowest BCUT2D eigenvalue weighted by Gasteiger charge is -2.32. The Labute approximate surface area is 226 Å². The zero-order valence-corrected chi connectivity index (χ0v) is 24.2. The van der Waals surface area contributed by atoms with E-state index in [2.05, 4.69) is 5.32 Å². The summed E-state index contributed by atoms with van der Waals surface area (Å²) in [6, 6.07) is 11.7. The molecular weight excluding hydrogens is 514 g/mol. The number of methoxy groups -OCH3 is 1. The molecule has 0 unspecified atom stereocenters. The van der Waals surface area contributed by atoms with Crippen molar-refractivity contribution < 1.29 is 22.7 Å². The molecule has 2 rings (SSSR count). The van der Waals surface area contributed by atoms with Gasteiger partial charge in [-0.3, -0.25) is 13.9 Å². The number of hydrogen-bond acceptors (Lipinski definition) is 5. The molecule has 204 valence electrons. The van der Waals surface area contributed by atoms with Crippen molar-refractivity contribution in [1.29, 1.82) is 0 Å². The predicted molar refractivity (Wildman–Crippen MR) is 149 cm³/mol. The van der Waals surface area contributed by atoms with Crippen molar-refractivity contribution in [2.24, 2.45) is 0 Å². The molecule has 0 saturated carbocycles. The van der Waals surface area contributed by atoms with Gasteiger partial charge in [0.15, 0.2) is 0 Å². The fourth-order valence-electron chi connectivity index (χ4n) is 3.87. The summed E-state index contributed by atoms with van der Waals surface area (Å²) in [5, 5.41) is 3.40. The van der Waals surface area contributed by atoms with Crippen LogP contribution in [0.25, 0.3) is 0 Å². The minimum absolute atomic E-state index is 0.0583. The van der Waals surface area contributed by atoms with Gasteiger partial charge in [-0.1, -0.05) is 29.8 Å². The SMILES string of the molecule is COc1cccc(CN(C(=O)CCCN(c2cccc(Cl)c2C)S(C)(=O)=O)[C@@H](C)C(=O)NC(C)(C)C)c1.